The van der Waals surface area contributed by atoms with E-state index in [1.807, 2.05) is 24.4 Å². The van der Waals surface area contributed by atoms with Crippen molar-refractivity contribution in [3.8, 4) is 0 Å². The summed E-state index contributed by atoms with van der Waals surface area (Å²) in [6.07, 6.45) is 5.92. The van der Waals surface area contributed by atoms with Crippen molar-refractivity contribution in [2.75, 3.05) is 20.1 Å². The summed E-state index contributed by atoms with van der Waals surface area (Å²) in [6.45, 7) is 4.26. The normalized spacial score (nSPS) is 28.3. The molecule has 0 spiro atoms. The first kappa shape index (κ1) is 19.7. The lowest BCUT2D eigenvalue weighted by atomic mass is 9.81. The SMILES string of the molecule is CN1CC[C@H]1Cn1cc(C(=O)NCC2CCC(C)(F)CC2)c2c(Cl)cccc21. The van der Waals surface area contributed by atoms with E-state index in [0.29, 0.717) is 41.9 Å². The number of likely N-dealkylation sites (tertiary alicyclic amines) is 1. The second-order valence-corrected chi connectivity index (χ2v) is 9.23. The van der Waals surface area contributed by atoms with Gasteiger partial charge in [-0.1, -0.05) is 17.7 Å². The highest BCUT2D eigenvalue weighted by Gasteiger charge is 2.31. The number of rotatable bonds is 5. The largest absolute Gasteiger partial charge is 0.352 e. The van der Waals surface area contributed by atoms with Crippen LogP contribution in [0.4, 0.5) is 4.39 Å². The minimum absolute atomic E-state index is 0.0904. The lowest BCUT2D eigenvalue weighted by molar-refractivity contribution is 0.0894. The predicted octanol–water partition coefficient (Wildman–Crippen LogP) is 4.65. The molecule has 28 heavy (non-hydrogen) atoms. The maximum atomic E-state index is 14.0. The Labute approximate surface area is 171 Å². The minimum atomic E-state index is -1.05. The Morgan fingerprint density at radius 2 is 2.07 bits per heavy atom. The zero-order chi connectivity index (χ0) is 19.9. The van der Waals surface area contributed by atoms with E-state index in [1.54, 1.807) is 6.92 Å². The van der Waals surface area contributed by atoms with E-state index in [-0.39, 0.29) is 5.91 Å². The highest BCUT2D eigenvalue weighted by molar-refractivity contribution is 6.36. The average Bonchev–Trinajstić information content (AvgIpc) is 3.04. The first-order valence-electron chi connectivity index (χ1n) is 10.3. The number of alkyl halides is 1. The van der Waals surface area contributed by atoms with E-state index in [1.165, 1.54) is 6.42 Å². The quantitative estimate of drug-likeness (QED) is 0.786. The van der Waals surface area contributed by atoms with Gasteiger partial charge in [-0.3, -0.25) is 4.79 Å². The highest BCUT2D eigenvalue weighted by atomic mass is 35.5. The molecule has 2 fully saturated rings. The summed E-state index contributed by atoms with van der Waals surface area (Å²) in [6, 6.07) is 6.30. The van der Waals surface area contributed by atoms with Gasteiger partial charge in [0.1, 0.15) is 5.67 Å². The number of carbonyl (C=O) groups excluding carboxylic acids is 1. The summed E-state index contributed by atoms with van der Waals surface area (Å²) in [5.74, 6) is 0.257. The molecule has 6 heteroatoms. The number of hydrogen-bond acceptors (Lipinski definition) is 2. The Morgan fingerprint density at radius 3 is 2.71 bits per heavy atom. The monoisotopic (exact) mass is 405 g/mol. The zero-order valence-electron chi connectivity index (χ0n) is 16.7. The third-order valence-corrected chi connectivity index (χ3v) is 6.96. The van der Waals surface area contributed by atoms with E-state index >= 15 is 0 Å². The molecule has 1 aromatic heterocycles. The Kier molecular flexibility index (Phi) is 5.41. The van der Waals surface area contributed by atoms with Crippen LogP contribution in [-0.2, 0) is 6.54 Å². The van der Waals surface area contributed by atoms with Crippen LogP contribution in [0.25, 0.3) is 10.9 Å². The predicted molar refractivity (Wildman–Crippen MR) is 112 cm³/mol. The molecular formula is C22H29ClFN3O. The van der Waals surface area contributed by atoms with E-state index in [0.717, 1.165) is 36.8 Å². The fourth-order valence-corrected chi connectivity index (χ4v) is 4.75. The number of nitrogens with zero attached hydrogens (tertiary/aromatic N) is 2. The van der Waals surface area contributed by atoms with Crippen molar-refractivity contribution in [3.05, 3.63) is 35.0 Å². The molecule has 4 rings (SSSR count). The maximum absolute atomic E-state index is 14.0. The lowest BCUT2D eigenvalue weighted by Gasteiger charge is -2.38. The Balaban J connectivity index is 1.50. The molecule has 1 N–H and O–H groups in total. The number of benzene rings is 1. The van der Waals surface area contributed by atoms with Crippen molar-refractivity contribution < 1.29 is 9.18 Å². The van der Waals surface area contributed by atoms with Gasteiger partial charge in [-0.25, -0.2) is 4.39 Å². The van der Waals surface area contributed by atoms with Gasteiger partial charge in [0.25, 0.3) is 5.91 Å². The molecule has 1 aliphatic heterocycles. The Morgan fingerprint density at radius 1 is 1.32 bits per heavy atom. The fourth-order valence-electron chi connectivity index (χ4n) is 4.48. The van der Waals surface area contributed by atoms with Crippen LogP contribution in [0.5, 0.6) is 0 Å². The van der Waals surface area contributed by atoms with Gasteiger partial charge in [-0.2, -0.15) is 0 Å². The van der Waals surface area contributed by atoms with E-state index in [4.69, 9.17) is 11.6 Å². The number of halogens is 2. The molecule has 1 saturated carbocycles. The first-order valence-corrected chi connectivity index (χ1v) is 10.7. The zero-order valence-corrected chi connectivity index (χ0v) is 17.4. The van der Waals surface area contributed by atoms with Gasteiger partial charge in [0.05, 0.1) is 16.1 Å². The summed E-state index contributed by atoms with van der Waals surface area (Å²) in [7, 11) is 2.13. The molecule has 152 valence electrons. The smallest absolute Gasteiger partial charge is 0.253 e. The number of likely N-dealkylation sites (N-methyl/N-ethyl adjacent to an activating group) is 1. The minimum Gasteiger partial charge on any atom is -0.352 e. The summed E-state index contributed by atoms with van der Waals surface area (Å²) in [5, 5.41) is 4.50. The van der Waals surface area contributed by atoms with Crippen LogP contribution in [0.2, 0.25) is 5.02 Å². The summed E-state index contributed by atoms with van der Waals surface area (Å²) < 4.78 is 16.1. The molecule has 2 aliphatic rings. The number of hydrogen-bond donors (Lipinski definition) is 1. The number of amides is 1. The number of fused-ring (bicyclic) bond motifs is 1. The summed E-state index contributed by atoms with van der Waals surface area (Å²) >= 11 is 6.47. The molecule has 4 nitrogen and oxygen atoms in total. The maximum Gasteiger partial charge on any atom is 0.253 e. The van der Waals surface area contributed by atoms with Gasteiger partial charge in [-0.15, -0.1) is 0 Å². The standard InChI is InChI=1S/C22H29ClFN3O/c1-22(24)9-6-15(7-10-22)12-25-21(28)17-14-27(13-16-8-11-26(16)2)19-5-3-4-18(23)20(17)19/h3-5,14-16H,6-13H2,1-2H3,(H,25,28)/t15?,16-,22?/m0/s1. The van der Waals surface area contributed by atoms with Crippen molar-refractivity contribution >= 4 is 28.4 Å². The van der Waals surface area contributed by atoms with E-state index < -0.39 is 5.67 Å². The second-order valence-electron chi connectivity index (χ2n) is 8.82. The highest BCUT2D eigenvalue weighted by Crippen LogP contribution is 2.34. The molecule has 2 aromatic rings. The molecule has 2 heterocycles. The van der Waals surface area contributed by atoms with E-state index in [2.05, 4.69) is 21.8 Å². The lowest BCUT2D eigenvalue weighted by Crippen LogP contribution is -2.46. The van der Waals surface area contributed by atoms with Gasteiger partial charge >= 0.3 is 0 Å². The average molecular weight is 406 g/mol. The third-order valence-electron chi connectivity index (χ3n) is 6.64. The second kappa shape index (κ2) is 7.68. The van der Waals surface area contributed by atoms with Crippen LogP contribution in [-0.4, -0.2) is 47.2 Å². The van der Waals surface area contributed by atoms with Crippen LogP contribution in [0.15, 0.2) is 24.4 Å². The van der Waals surface area contributed by atoms with Gasteiger partial charge in [0.2, 0.25) is 0 Å². The fraction of sp³-hybridized carbons (Fsp3) is 0.591. The third kappa shape index (κ3) is 3.92. The van der Waals surface area contributed by atoms with Crippen LogP contribution >= 0.6 is 11.6 Å². The van der Waals surface area contributed by atoms with Gasteiger partial charge < -0.3 is 14.8 Å². The Hall–Kier alpha value is -1.59. The number of carbonyl (C=O) groups is 1. The molecular weight excluding hydrogens is 377 g/mol. The molecule has 1 saturated heterocycles. The van der Waals surface area contributed by atoms with E-state index in [9.17, 15) is 9.18 Å². The molecule has 0 bridgehead atoms. The first-order chi connectivity index (χ1) is 13.3. The molecule has 1 atom stereocenters. The van der Waals surface area contributed by atoms with Crippen LogP contribution in [0.3, 0.4) is 0 Å². The molecule has 1 aromatic carbocycles. The van der Waals surface area contributed by atoms with Crippen molar-refractivity contribution in [3.63, 3.8) is 0 Å². The van der Waals surface area contributed by atoms with Crippen LogP contribution in [0.1, 0.15) is 49.4 Å². The van der Waals surface area contributed by atoms with Crippen LogP contribution < -0.4 is 5.32 Å². The van der Waals surface area contributed by atoms with Crippen molar-refractivity contribution in [2.24, 2.45) is 5.92 Å². The van der Waals surface area contributed by atoms with Gasteiger partial charge in [-0.05, 0) is 70.7 Å². The van der Waals surface area contributed by atoms with Crippen LogP contribution in [0, 0.1) is 5.92 Å². The number of nitrogens with one attached hydrogen (secondary N) is 1. The number of aromatic nitrogens is 1. The Bertz CT molecular complexity index is 868. The summed E-state index contributed by atoms with van der Waals surface area (Å²) in [4.78, 5) is 15.3. The van der Waals surface area contributed by atoms with Crippen molar-refractivity contribution in [1.82, 2.24) is 14.8 Å². The molecule has 1 amide bonds. The van der Waals surface area contributed by atoms with Crippen molar-refractivity contribution in [2.45, 2.75) is 57.3 Å². The molecule has 1 aliphatic carbocycles. The summed E-state index contributed by atoms with van der Waals surface area (Å²) in [5.41, 5.74) is 0.591. The van der Waals surface area contributed by atoms with Crippen molar-refractivity contribution in [1.29, 1.82) is 0 Å². The topological polar surface area (TPSA) is 37.3 Å². The van der Waals surface area contributed by atoms with Gasteiger partial charge in [0, 0.05) is 30.7 Å². The molecule has 0 radical (unpaired) electrons. The molecule has 0 unspecified atom stereocenters. The van der Waals surface area contributed by atoms with Gasteiger partial charge in [0.15, 0.2) is 0 Å².